The van der Waals surface area contributed by atoms with Crippen molar-refractivity contribution in [3.63, 3.8) is 0 Å². The molecule has 0 radical (unpaired) electrons. The van der Waals surface area contributed by atoms with Gasteiger partial charge < -0.3 is 19.4 Å². The van der Waals surface area contributed by atoms with Crippen LogP contribution in [-0.4, -0.2) is 57.1 Å². The second kappa shape index (κ2) is 13.8. The number of alkyl carbamates (subject to hydrolysis) is 1. The molecule has 2 fully saturated rings. The van der Waals surface area contributed by atoms with E-state index in [1.54, 1.807) is 0 Å². The van der Waals surface area contributed by atoms with Gasteiger partial charge in [0, 0.05) is 12.6 Å². The highest BCUT2D eigenvalue weighted by Gasteiger charge is 2.51. The second-order valence-corrected chi connectivity index (χ2v) is 16.8. The summed E-state index contributed by atoms with van der Waals surface area (Å²) in [5, 5.41) is 5.01. The number of carbonyl (C=O) groups is 2. The van der Waals surface area contributed by atoms with Crippen molar-refractivity contribution in [2.24, 2.45) is 5.92 Å². The lowest BCUT2D eigenvalue weighted by Crippen LogP contribution is -2.68. The summed E-state index contributed by atoms with van der Waals surface area (Å²) in [4.78, 5) is 29.2. The molecule has 1 saturated heterocycles. The molecule has 0 unspecified atom stereocenters. The molecule has 1 saturated carbocycles. The van der Waals surface area contributed by atoms with E-state index in [-0.39, 0.29) is 23.6 Å². The lowest BCUT2D eigenvalue weighted by Gasteiger charge is -2.46. The van der Waals surface area contributed by atoms with Crippen LogP contribution >= 0.6 is 0 Å². The van der Waals surface area contributed by atoms with Crippen molar-refractivity contribution in [2.45, 2.75) is 96.2 Å². The molecule has 1 aliphatic heterocycles. The zero-order chi connectivity index (χ0) is 28.6. The Hall–Kier alpha value is -2.64. The molecule has 218 valence electrons. The molecule has 2 aromatic rings. The number of likely N-dealkylation sites (tertiary alicyclic amines) is 1. The molecule has 40 heavy (non-hydrogen) atoms. The van der Waals surface area contributed by atoms with Gasteiger partial charge in [0.15, 0.2) is 0 Å². The average molecular weight is 565 g/mol. The van der Waals surface area contributed by atoms with Crippen LogP contribution in [0.3, 0.4) is 0 Å². The summed E-state index contributed by atoms with van der Waals surface area (Å²) < 4.78 is 12.6. The molecule has 4 rings (SSSR count). The summed E-state index contributed by atoms with van der Waals surface area (Å²) >= 11 is 0. The van der Waals surface area contributed by atoms with Crippen molar-refractivity contribution in [2.75, 3.05) is 19.8 Å². The average Bonchev–Trinajstić information content (AvgIpc) is 2.97. The van der Waals surface area contributed by atoms with E-state index in [2.05, 4.69) is 86.4 Å². The number of nitrogens with one attached hydrogen (secondary N) is 1. The molecule has 1 N–H and O–H groups in total. The summed E-state index contributed by atoms with van der Waals surface area (Å²) in [6, 6.07) is 20.3. The van der Waals surface area contributed by atoms with E-state index in [9.17, 15) is 9.59 Å². The maximum Gasteiger partial charge on any atom is 0.407 e. The Bertz CT molecular complexity index is 1050. The zero-order valence-corrected chi connectivity index (χ0v) is 25.9. The summed E-state index contributed by atoms with van der Waals surface area (Å²) in [6.45, 7) is 9.90. The number of nitrogens with zero attached hydrogens (tertiary/aromatic N) is 1. The fourth-order valence-corrected chi connectivity index (χ4v) is 11.3. The highest BCUT2D eigenvalue weighted by molar-refractivity contribution is 6.99. The van der Waals surface area contributed by atoms with E-state index in [4.69, 9.17) is 9.16 Å². The van der Waals surface area contributed by atoms with Gasteiger partial charge in [-0.2, -0.15) is 0 Å². The normalized spacial score (nSPS) is 20.4. The minimum absolute atomic E-state index is 0.0398. The van der Waals surface area contributed by atoms with Crippen LogP contribution in [0, 0.1) is 5.92 Å². The molecule has 0 spiro atoms. The van der Waals surface area contributed by atoms with Crippen molar-refractivity contribution in [1.82, 2.24) is 10.2 Å². The van der Waals surface area contributed by atoms with Gasteiger partial charge in [-0.05, 0) is 53.4 Å². The zero-order valence-electron chi connectivity index (χ0n) is 24.9. The Morgan fingerprint density at radius 1 is 0.950 bits per heavy atom. The highest BCUT2D eigenvalue weighted by atomic mass is 28.4. The third-order valence-corrected chi connectivity index (χ3v) is 13.7. The molecule has 0 bridgehead atoms. The quantitative estimate of drug-likeness (QED) is 0.300. The third kappa shape index (κ3) is 6.80. The number of hydrogen-bond donors (Lipinski definition) is 1. The van der Waals surface area contributed by atoms with E-state index < -0.39 is 20.5 Å². The van der Waals surface area contributed by atoms with Gasteiger partial charge >= 0.3 is 6.09 Å². The lowest BCUT2D eigenvalue weighted by molar-refractivity contribution is -0.140. The van der Waals surface area contributed by atoms with Gasteiger partial charge in [-0.25, -0.2) is 4.79 Å². The van der Waals surface area contributed by atoms with Crippen LogP contribution in [0.1, 0.15) is 79.1 Å². The third-order valence-electron chi connectivity index (χ3n) is 8.73. The number of unbranched alkanes of at least 4 members (excludes halogenated alkanes) is 1. The van der Waals surface area contributed by atoms with Crippen LogP contribution in [-0.2, 0) is 14.0 Å². The van der Waals surface area contributed by atoms with E-state index >= 15 is 0 Å². The molecule has 3 atom stereocenters. The number of piperidine rings is 1. The van der Waals surface area contributed by atoms with Crippen LogP contribution in [0.5, 0.6) is 0 Å². The predicted octanol–water partition coefficient (Wildman–Crippen LogP) is 5.64. The van der Waals surface area contributed by atoms with Gasteiger partial charge in [0.2, 0.25) is 5.91 Å². The number of fused-ring (bicyclic) bond motifs is 1. The minimum atomic E-state index is -2.89. The molecule has 2 aliphatic rings. The Labute approximate surface area is 242 Å². The van der Waals surface area contributed by atoms with Gasteiger partial charge in [0.25, 0.3) is 8.32 Å². The van der Waals surface area contributed by atoms with Gasteiger partial charge in [-0.1, -0.05) is 108 Å². The molecule has 0 aromatic heterocycles. The Morgan fingerprint density at radius 2 is 1.55 bits per heavy atom. The van der Waals surface area contributed by atoms with Crippen molar-refractivity contribution in [3.05, 3.63) is 60.7 Å². The fraction of sp³-hybridized carbons (Fsp3) is 0.576. The van der Waals surface area contributed by atoms with Crippen LogP contribution in [0.15, 0.2) is 60.7 Å². The molecule has 2 aromatic carbocycles. The first kappa shape index (κ1) is 30.3. The topological polar surface area (TPSA) is 67.9 Å². The van der Waals surface area contributed by atoms with Gasteiger partial charge in [0.1, 0.15) is 6.04 Å². The fourth-order valence-electron chi connectivity index (χ4n) is 6.74. The van der Waals surface area contributed by atoms with E-state index in [1.807, 2.05) is 12.1 Å². The number of hydrogen-bond acceptors (Lipinski definition) is 4. The van der Waals surface area contributed by atoms with Gasteiger partial charge in [-0.3, -0.25) is 4.79 Å². The van der Waals surface area contributed by atoms with Crippen LogP contribution < -0.4 is 15.7 Å². The number of benzene rings is 2. The molecular weight excluding hydrogens is 516 g/mol. The summed E-state index contributed by atoms with van der Waals surface area (Å²) in [7, 11) is -2.89. The first-order valence-electron chi connectivity index (χ1n) is 15.3. The number of rotatable bonds is 10. The summed E-state index contributed by atoms with van der Waals surface area (Å²) in [5.74, 6) is 0.517. The molecule has 7 heteroatoms. The smallest absolute Gasteiger partial charge is 0.407 e. The maximum absolute atomic E-state index is 14.2. The molecule has 1 heterocycles. The minimum Gasteiger partial charge on any atom is -0.450 e. The van der Waals surface area contributed by atoms with Crippen molar-refractivity contribution < 1.29 is 18.8 Å². The first-order valence-corrected chi connectivity index (χ1v) is 17.2. The molecule has 2 amide bonds. The summed E-state index contributed by atoms with van der Waals surface area (Å²) in [6.07, 6.45) is 8.00. The molecule has 6 nitrogen and oxygen atoms in total. The van der Waals surface area contributed by atoms with Crippen LogP contribution in [0.25, 0.3) is 0 Å². The standard InChI is InChI=1S/C33H48N2O4Si/c1-5-6-24-38-32(37)34-29(31(36)35-23-15-17-26-16-13-14-22-30(26)35)25-39-40(33(2,3)4,27-18-9-7-10-19-27)28-20-11-8-12-21-28/h7-12,18-21,26,29-30H,5-6,13-17,22-25H2,1-4H3,(H,34,37)/t26-,29-,30+/m1/s1. The largest absolute Gasteiger partial charge is 0.450 e. The number of ether oxygens (including phenoxy) is 1. The number of amides is 2. The molecular formula is C33H48N2O4Si. The predicted molar refractivity (Wildman–Crippen MR) is 163 cm³/mol. The Kier molecular flexibility index (Phi) is 10.5. The van der Waals surface area contributed by atoms with E-state index in [0.29, 0.717) is 12.5 Å². The first-order chi connectivity index (χ1) is 19.3. The summed E-state index contributed by atoms with van der Waals surface area (Å²) in [5.41, 5.74) is 0. The van der Waals surface area contributed by atoms with E-state index in [0.717, 1.165) is 49.0 Å². The SMILES string of the molecule is CCCCOC(=O)N[C@H](CO[Si](c1ccccc1)(c1ccccc1)C(C)(C)C)C(=O)N1CCC[C@H]2CCCC[C@@H]21. The Balaban J connectivity index is 1.67. The van der Waals surface area contributed by atoms with Crippen molar-refractivity contribution in [1.29, 1.82) is 0 Å². The van der Waals surface area contributed by atoms with Crippen molar-refractivity contribution in [3.8, 4) is 0 Å². The Morgan fingerprint density at radius 3 is 2.15 bits per heavy atom. The van der Waals surface area contributed by atoms with E-state index in [1.165, 1.54) is 19.3 Å². The van der Waals surface area contributed by atoms with Gasteiger partial charge in [0.05, 0.1) is 13.2 Å². The van der Waals surface area contributed by atoms with Crippen LogP contribution in [0.2, 0.25) is 5.04 Å². The monoisotopic (exact) mass is 564 g/mol. The number of carbonyl (C=O) groups excluding carboxylic acids is 2. The van der Waals surface area contributed by atoms with Crippen LogP contribution in [0.4, 0.5) is 4.79 Å². The van der Waals surface area contributed by atoms with Gasteiger partial charge in [-0.15, -0.1) is 0 Å². The second-order valence-electron chi connectivity index (χ2n) is 12.4. The van der Waals surface area contributed by atoms with Crippen molar-refractivity contribution >= 4 is 30.7 Å². The maximum atomic E-state index is 14.2. The molecule has 1 aliphatic carbocycles. The highest BCUT2D eigenvalue weighted by Crippen LogP contribution is 2.38. The lowest BCUT2D eigenvalue weighted by atomic mass is 9.78.